The summed E-state index contributed by atoms with van der Waals surface area (Å²) in [6.07, 6.45) is 9.42. The van der Waals surface area contributed by atoms with E-state index >= 15 is 0 Å². The van der Waals surface area contributed by atoms with Crippen LogP contribution in [0.15, 0.2) is 53.0 Å². The Morgan fingerprint density at radius 1 is 0.800 bits per heavy atom. The van der Waals surface area contributed by atoms with E-state index in [9.17, 15) is 0 Å². The van der Waals surface area contributed by atoms with E-state index < -0.39 is 0 Å². The van der Waals surface area contributed by atoms with Gasteiger partial charge in [0, 0.05) is 4.47 Å². The van der Waals surface area contributed by atoms with E-state index in [1.807, 2.05) is 0 Å². The number of halogens is 1. The van der Waals surface area contributed by atoms with Crippen LogP contribution in [-0.4, -0.2) is 0 Å². The fraction of sp³-hybridized carbons (Fsp3) is 0.263. The lowest BCUT2D eigenvalue weighted by Gasteiger charge is -2.01. The number of hydrogen-bond donors (Lipinski definition) is 0. The van der Waals surface area contributed by atoms with Gasteiger partial charge in [-0.05, 0) is 41.7 Å². The zero-order chi connectivity index (χ0) is 14.2. The summed E-state index contributed by atoms with van der Waals surface area (Å²) >= 11 is 3.45. The molecule has 0 spiro atoms. The highest BCUT2D eigenvalue weighted by Crippen LogP contribution is 2.14. The molecule has 0 atom stereocenters. The molecule has 0 unspecified atom stereocenters. The van der Waals surface area contributed by atoms with Crippen LogP contribution in [0.1, 0.15) is 42.9 Å². The Hall–Kier alpha value is -1.34. The van der Waals surface area contributed by atoms with Crippen LogP contribution < -0.4 is 0 Å². The van der Waals surface area contributed by atoms with Crippen molar-refractivity contribution in [2.75, 3.05) is 0 Å². The van der Waals surface area contributed by atoms with Crippen LogP contribution in [0.2, 0.25) is 0 Å². The first-order valence-corrected chi connectivity index (χ1v) is 8.10. The van der Waals surface area contributed by atoms with Crippen molar-refractivity contribution in [1.82, 2.24) is 0 Å². The van der Waals surface area contributed by atoms with E-state index in [2.05, 4.69) is 83.5 Å². The Balaban J connectivity index is 1.94. The summed E-state index contributed by atoms with van der Waals surface area (Å²) in [5.74, 6) is 0. The maximum Gasteiger partial charge on any atom is 0.0175 e. The average molecular weight is 329 g/mol. The van der Waals surface area contributed by atoms with Crippen LogP contribution in [-0.2, 0) is 6.42 Å². The molecule has 0 aliphatic heterocycles. The Labute approximate surface area is 130 Å². The molecular weight excluding hydrogens is 308 g/mol. The van der Waals surface area contributed by atoms with E-state index in [-0.39, 0.29) is 0 Å². The zero-order valence-electron chi connectivity index (χ0n) is 12.0. The third-order valence-corrected chi connectivity index (χ3v) is 3.92. The van der Waals surface area contributed by atoms with E-state index in [0.29, 0.717) is 0 Å². The molecule has 0 fully saturated rings. The van der Waals surface area contributed by atoms with Crippen LogP contribution in [0.5, 0.6) is 0 Å². The standard InChI is InChI=1S/C19H21Br/c1-2-3-4-5-16-6-8-17(9-7-16)10-11-18-12-14-19(20)15-13-18/h6-15H,2-5H2,1H3. The third-order valence-electron chi connectivity index (χ3n) is 3.39. The number of rotatable bonds is 6. The molecule has 104 valence electrons. The molecule has 0 saturated carbocycles. The van der Waals surface area contributed by atoms with Gasteiger partial charge < -0.3 is 0 Å². The van der Waals surface area contributed by atoms with Crippen molar-refractivity contribution in [2.45, 2.75) is 32.6 Å². The molecule has 0 aliphatic rings. The molecule has 0 nitrogen and oxygen atoms in total. The molecule has 2 rings (SSSR count). The quantitative estimate of drug-likeness (QED) is 0.428. The summed E-state index contributed by atoms with van der Waals surface area (Å²) in [5.41, 5.74) is 3.92. The molecule has 20 heavy (non-hydrogen) atoms. The first-order valence-electron chi connectivity index (χ1n) is 7.30. The molecule has 0 aliphatic carbocycles. The van der Waals surface area contributed by atoms with Crippen molar-refractivity contribution in [1.29, 1.82) is 0 Å². The lowest BCUT2D eigenvalue weighted by molar-refractivity contribution is 0.717. The summed E-state index contributed by atoms with van der Waals surface area (Å²) < 4.78 is 1.12. The van der Waals surface area contributed by atoms with Gasteiger partial charge in [-0.1, -0.05) is 84.2 Å². The van der Waals surface area contributed by atoms with E-state index in [1.54, 1.807) is 0 Å². The summed E-state index contributed by atoms with van der Waals surface area (Å²) in [5, 5.41) is 0. The van der Waals surface area contributed by atoms with Gasteiger partial charge in [-0.3, -0.25) is 0 Å². The van der Waals surface area contributed by atoms with Gasteiger partial charge in [0.1, 0.15) is 0 Å². The van der Waals surface area contributed by atoms with Crippen molar-refractivity contribution < 1.29 is 0 Å². The molecule has 0 amide bonds. The molecule has 0 N–H and O–H groups in total. The van der Waals surface area contributed by atoms with Gasteiger partial charge in [-0.15, -0.1) is 0 Å². The number of aryl methyl sites for hydroxylation is 1. The van der Waals surface area contributed by atoms with E-state index in [1.165, 1.54) is 42.4 Å². The van der Waals surface area contributed by atoms with Crippen LogP contribution in [0.25, 0.3) is 12.2 Å². The molecular formula is C19H21Br. The number of benzene rings is 2. The summed E-state index contributed by atoms with van der Waals surface area (Å²) in [6.45, 7) is 2.25. The normalized spacial score (nSPS) is 11.1. The Bertz CT molecular complexity index is 535. The van der Waals surface area contributed by atoms with Crippen molar-refractivity contribution in [2.24, 2.45) is 0 Å². The predicted molar refractivity (Wildman–Crippen MR) is 92.7 cm³/mol. The van der Waals surface area contributed by atoms with Crippen molar-refractivity contribution >= 4 is 28.1 Å². The summed E-state index contributed by atoms with van der Waals surface area (Å²) in [6, 6.07) is 17.3. The second-order valence-electron chi connectivity index (χ2n) is 5.08. The van der Waals surface area contributed by atoms with Crippen LogP contribution in [0.3, 0.4) is 0 Å². The SMILES string of the molecule is CCCCCc1ccc(C=Cc2ccc(Br)cc2)cc1. The molecule has 0 radical (unpaired) electrons. The van der Waals surface area contributed by atoms with Gasteiger partial charge in [-0.2, -0.15) is 0 Å². The van der Waals surface area contributed by atoms with E-state index in [0.717, 1.165) is 4.47 Å². The second-order valence-corrected chi connectivity index (χ2v) is 6.00. The smallest absolute Gasteiger partial charge is 0.0175 e. The largest absolute Gasteiger partial charge is 0.0654 e. The Morgan fingerprint density at radius 2 is 1.35 bits per heavy atom. The minimum absolute atomic E-state index is 1.12. The number of unbranched alkanes of at least 4 members (excludes halogenated alkanes) is 2. The van der Waals surface area contributed by atoms with Crippen LogP contribution >= 0.6 is 15.9 Å². The molecule has 0 saturated heterocycles. The van der Waals surface area contributed by atoms with E-state index in [4.69, 9.17) is 0 Å². The maximum absolute atomic E-state index is 3.45. The fourth-order valence-electron chi connectivity index (χ4n) is 2.14. The van der Waals surface area contributed by atoms with Crippen LogP contribution in [0.4, 0.5) is 0 Å². The average Bonchev–Trinajstić information content (AvgIpc) is 2.48. The van der Waals surface area contributed by atoms with Crippen molar-refractivity contribution in [3.63, 3.8) is 0 Å². The highest BCUT2D eigenvalue weighted by Gasteiger charge is 1.93. The first kappa shape index (κ1) is 15.1. The van der Waals surface area contributed by atoms with Gasteiger partial charge >= 0.3 is 0 Å². The van der Waals surface area contributed by atoms with Gasteiger partial charge in [0.15, 0.2) is 0 Å². The van der Waals surface area contributed by atoms with Crippen molar-refractivity contribution in [3.05, 3.63) is 69.7 Å². The second kappa shape index (κ2) is 8.06. The fourth-order valence-corrected chi connectivity index (χ4v) is 2.41. The zero-order valence-corrected chi connectivity index (χ0v) is 13.6. The molecule has 1 heteroatoms. The van der Waals surface area contributed by atoms with Gasteiger partial charge in [0.2, 0.25) is 0 Å². The molecule has 0 heterocycles. The van der Waals surface area contributed by atoms with Gasteiger partial charge in [0.05, 0.1) is 0 Å². The van der Waals surface area contributed by atoms with Gasteiger partial charge in [0.25, 0.3) is 0 Å². The van der Waals surface area contributed by atoms with Crippen molar-refractivity contribution in [3.8, 4) is 0 Å². The highest BCUT2D eigenvalue weighted by molar-refractivity contribution is 9.10. The molecule has 2 aromatic rings. The molecule has 0 aromatic heterocycles. The molecule has 2 aromatic carbocycles. The van der Waals surface area contributed by atoms with Crippen LogP contribution in [0, 0.1) is 0 Å². The predicted octanol–water partition coefficient (Wildman–Crippen LogP) is 6.35. The molecule has 0 bridgehead atoms. The first-order chi connectivity index (χ1) is 9.78. The number of hydrogen-bond acceptors (Lipinski definition) is 0. The topological polar surface area (TPSA) is 0 Å². The monoisotopic (exact) mass is 328 g/mol. The maximum atomic E-state index is 3.45. The Kier molecular flexibility index (Phi) is 6.07. The lowest BCUT2D eigenvalue weighted by Crippen LogP contribution is -1.85. The summed E-state index contributed by atoms with van der Waals surface area (Å²) in [4.78, 5) is 0. The Morgan fingerprint density at radius 3 is 1.90 bits per heavy atom. The minimum Gasteiger partial charge on any atom is -0.0654 e. The lowest BCUT2D eigenvalue weighted by atomic mass is 10.0. The third kappa shape index (κ3) is 4.97. The van der Waals surface area contributed by atoms with Gasteiger partial charge in [-0.25, -0.2) is 0 Å². The summed E-state index contributed by atoms with van der Waals surface area (Å²) in [7, 11) is 0. The minimum atomic E-state index is 1.12. The highest BCUT2D eigenvalue weighted by atomic mass is 79.9.